The highest BCUT2D eigenvalue weighted by molar-refractivity contribution is 6.00. The first-order valence-corrected chi connectivity index (χ1v) is 8.38. The molecule has 0 aliphatic carbocycles. The molecule has 1 atom stereocenters. The fourth-order valence-corrected chi connectivity index (χ4v) is 3.42. The summed E-state index contributed by atoms with van der Waals surface area (Å²) in [5.74, 6) is -0.664. The van der Waals surface area contributed by atoms with Crippen molar-refractivity contribution in [3.8, 4) is 0 Å². The molecule has 0 aromatic heterocycles. The monoisotopic (exact) mass is 318 g/mol. The Morgan fingerprint density at radius 2 is 1.83 bits per heavy atom. The van der Waals surface area contributed by atoms with Crippen LogP contribution in [0.15, 0.2) is 24.3 Å². The minimum atomic E-state index is -1.05. The van der Waals surface area contributed by atoms with Crippen molar-refractivity contribution in [1.82, 2.24) is 10.6 Å². The van der Waals surface area contributed by atoms with E-state index >= 15 is 0 Å². The standard InChI is InChI=1S/C18H23FN2O2/c19-18(9-11-20-12-10-18)8-7-13-1-3-14(4-2-13)15-5-6-16(22)21-17(15)23/h1-4,15,20H,5-12H2,(H,21,22,23). The van der Waals surface area contributed by atoms with Crippen LogP contribution in [-0.2, 0) is 16.0 Å². The van der Waals surface area contributed by atoms with Crippen LogP contribution >= 0.6 is 0 Å². The van der Waals surface area contributed by atoms with Crippen LogP contribution in [0.2, 0.25) is 0 Å². The maximum Gasteiger partial charge on any atom is 0.234 e. The summed E-state index contributed by atoms with van der Waals surface area (Å²) in [6.45, 7) is 1.51. The Kier molecular flexibility index (Phi) is 4.76. The molecule has 0 radical (unpaired) electrons. The molecule has 4 nitrogen and oxygen atoms in total. The number of hydrogen-bond donors (Lipinski definition) is 2. The van der Waals surface area contributed by atoms with Gasteiger partial charge in [-0.25, -0.2) is 4.39 Å². The van der Waals surface area contributed by atoms with E-state index in [9.17, 15) is 14.0 Å². The van der Waals surface area contributed by atoms with E-state index in [2.05, 4.69) is 10.6 Å². The SMILES string of the molecule is O=C1CCC(c2ccc(CCC3(F)CCNCC3)cc2)C(=O)N1. The molecule has 23 heavy (non-hydrogen) atoms. The summed E-state index contributed by atoms with van der Waals surface area (Å²) in [6.07, 6.45) is 3.38. The molecular weight excluding hydrogens is 295 g/mol. The third kappa shape index (κ3) is 3.96. The normalized spacial score (nSPS) is 24.3. The van der Waals surface area contributed by atoms with Gasteiger partial charge in [-0.15, -0.1) is 0 Å². The van der Waals surface area contributed by atoms with E-state index in [-0.39, 0.29) is 17.7 Å². The number of benzene rings is 1. The number of carbonyl (C=O) groups excluding carboxylic acids is 2. The number of nitrogens with one attached hydrogen (secondary N) is 2. The molecule has 1 unspecified atom stereocenters. The van der Waals surface area contributed by atoms with Gasteiger partial charge >= 0.3 is 0 Å². The van der Waals surface area contributed by atoms with E-state index in [1.807, 2.05) is 24.3 Å². The summed E-state index contributed by atoms with van der Waals surface area (Å²) in [6, 6.07) is 7.82. The van der Waals surface area contributed by atoms with Crippen LogP contribution in [-0.4, -0.2) is 30.6 Å². The van der Waals surface area contributed by atoms with Crippen LogP contribution < -0.4 is 10.6 Å². The van der Waals surface area contributed by atoms with Crippen molar-refractivity contribution in [3.05, 3.63) is 35.4 Å². The molecule has 124 valence electrons. The summed E-state index contributed by atoms with van der Waals surface area (Å²) >= 11 is 0. The average molecular weight is 318 g/mol. The summed E-state index contributed by atoms with van der Waals surface area (Å²) in [4.78, 5) is 23.1. The lowest BCUT2D eigenvalue weighted by atomic mass is 9.87. The van der Waals surface area contributed by atoms with Crippen LogP contribution in [0.5, 0.6) is 0 Å². The quantitative estimate of drug-likeness (QED) is 0.837. The first-order chi connectivity index (χ1) is 11.1. The molecule has 3 rings (SSSR count). The number of amides is 2. The molecule has 1 aromatic rings. The zero-order valence-electron chi connectivity index (χ0n) is 13.2. The van der Waals surface area contributed by atoms with Gasteiger partial charge in [-0.2, -0.15) is 0 Å². The number of alkyl halides is 1. The molecule has 0 saturated carbocycles. The topological polar surface area (TPSA) is 58.2 Å². The van der Waals surface area contributed by atoms with E-state index in [4.69, 9.17) is 0 Å². The minimum Gasteiger partial charge on any atom is -0.316 e. The zero-order chi connectivity index (χ0) is 16.3. The number of imide groups is 1. The molecular formula is C18H23FN2O2. The Bertz CT molecular complexity index is 579. The van der Waals surface area contributed by atoms with Crippen molar-refractivity contribution in [2.24, 2.45) is 0 Å². The van der Waals surface area contributed by atoms with E-state index in [0.29, 0.717) is 38.5 Å². The van der Waals surface area contributed by atoms with Crippen molar-refractivity contribution in [2.75, 3.05) is 13.1 Å². The zero-order valence-corrected chi connectivity index (χ0v) is 13.2. The number of rotatable bonds is 4. The number of carbonyl (C=O) groups is 2. The Hall–Kier alpha value is -1.75. The maximum atomic E-state index is 14.6. The van der Waals surface area contributed by atoms with Gasteiger partial charge in [0, 0.05) is 6.42 Å². The van der Waals surface area contributed by atoms with Gasteiger partial charge in [-0.05, 0) is 56.3 Å². The van der Waals surface area contributed by atoms with Gasteiger partial charge in [0.15, 0.2) is 0 Å². The van der Waals surface area contributed by atoms with Gasteiger partial charge in [0.05, 0.1) is 5.92 Å². The molecule has 5 heteroatoms. The van der Waals surface area contributed by atoms with Crippen LogP contribution in [0, 0.1) is 0 Å². The summed E-state index contributed by atoms with van der Waals surface area (Å²) in [5, 5.41) is 5.57. The van der Waals surface area contributed by atoms with Gasteiger partial charge < -0.3 is 5.32 Å². The van der Waals surface area contributed by atoms with Crippen molar-refractivity contribution in [1.29, 1.82) is 0 Å². The Balaban J connectivity index is 1.59. The van der Waals surface area contributed by atoms with Crippen LogP contribution in [0.4, 0.5) is 4.39 Å². The predicted octanol–water partition coefficient (Wildman–Crippen LogP) is 2.23. The second kappa shape index (κ2) is 6.79. The fraction of sp³-hybridized carbons (Fsp3) is 0.556. The first-order valence-electron chi connectivity index (χ1n) is 8.38. The lowest BCUT2D eigenvalue weighted by Gasteiger charge is -2.30. The van der Waals surface area contributed by atoms with E-state index < -0.39 is 5.67 Å². The lowest BCUT2D eigenvalue weighted by Crippen LogP contribution is -2.39. The highest BCUT2D eigenvalue weighted by atomic mass is 19.1. The van der Waals surface area contributed by atoms with E-state index in [0.717, 1.165) is 24.2 Å². The smallest absolute Gasteiger partial charge is 0.234 e. The summed E-state index contributed by atoms with van der Waals surface area (Å²) < 4.78 is 14.6. The van der Waals surface area contributed by atoms with E-state index in [1.54, 1.807) is 0 Å². The van der Waals surface area contributed by atoms with E-state index in [1.165, 1.54) is 0 Å². The van der Waals surface area contributed by atoms with Gasteiger partial charge in [0.2, 0.25) is 11.8 Å². The Labute approximate surface area is 135 Å². The third-order valence-electron chi connectivity index (χ3n) is 4.98. The van der Waals surface area contributed by atoms with Crippen molar-refractivity contribution in [3.63, 3.8) is 0 Å². The van der Waals surface area contributed by atoms with Crippen molar-refractivity contribution < 1.29 is 14.0 Å². The summed E-state index contributed by atoms with van der Waals surface area (Å²) in [7, 11) is 0. The summed E-state index contributed by atoms with van der Waals surface area (Å²) in [5.41, 5.74) is 0.972. The number of piperidine rings is 2. The van der Waals surface area contributed by atoms with Crippen LogP contribution in [0.3, 0.4) is 0 Å². The molecule has 2 aliphatic rings. The first kappa shape index (κ1) is 16.1. The molecule has 2 heterocycles. The third-order valence-corrected chi connectivity index (χ3v) is 4.98. The number of aryl methyl sites for hydroxylation is 1. The lowest BCUT2D eigenvalue weighted by molar-refractivity contribution is -0.134. The molecule has 0 spiro atoms. The molecule has 2 aliphatic heterocycles. The average Bonchev–Trinajstić information content (AvgIpc) is 2.54. The van der Waals surface area contributed by atoms with Gasteiger partial charge in [-0.1, -0.05) is 24.3 Å². The van der Waals surface area contributed by atoms with Crippen molar-refractivity contribution >= 4 is 11.8 Å². The number of halogens is 1. The second-order valence-electron chi connectivity index (χ2n) is 6.65. The second-order valence-corrected chi connectivity index (χ2v) is 6.65. The number of hydrogen-bond acceptors (Lipinski definition) is 3. The minimum absolute atomic E-state index is 0.196. The van der Waals surface area contributed by atoms with Crippen LogP contribution in [0.1, 0.15) is 49.1 Å². The Morgan fingerprint density at radius 1 is 1.13 bits per heavy atom. The van der Waals surface area contributed by atoms with Gasteiger partial charge in [-0.3, -0.25) is 14.9 Å². The molecule has 1 aromatic carbocycles. The highest BCUT2D eigenvalue weighted by Gasteiger charge is 2.31. The Morgan fingerprint density at radius 3 is 2.48 bits per heavy atom. The molecule has 2 fully saturated rings. The van der Waals surface area contributed by atoms with Crippen molar-refractivity contribution in [2.45, 2.75) is 50.1 Å². The molecule has 2 amide bonds. The fourth-order valence-electron chi connectivity index (χ4n) is 3.42. The highest BCUT2D eigenvalue weighted by Crippen LogP contribution is 2.29. The van der Waals surface area contributed by atoms with Gasteiger partial charge in [0.25, 0.3) is 0 Å². The predicted molar refractivity (Wildman–Crippen MR) is 85.8 cm³/mol. The molecule has 0 bridgehead atoms. The largest absolute Gasteiger partial charge is 0.316 e. The molecule has 2 saturated heterocycles. The molecule has 2 N–H and O–H groups in total. The van der Waals surface area contributed by atoms with Crippen LogP contribution in [0.25, 0.3) is 0 Å². The van der Waals surface area contributed by atoms with Gasteiger partial charge in [0.1, 0.15) is 5.67 Å². The maximum absolute atomic E-state index is 14.6.